The number of carboxylic acids is 1. The van der Waals surface area contributed by atoms with Crippen LogP contribution in [0.4, 0.5) is 0 Å². The standard InChI is InChI=1S/C11H13NO3S/c1-8-3-5-9(6-4-8)16-7-10(11(13)14)12-15-2/h3-6H,7H2,1-2H3,(H,13,14)/b12-10-. The van der Waals surface area contributed by atoms with Crippen molar-refractivity contribution in [2.24, 2.45) is 5.16 Å². The fraction of sp³-hybridized carbons (Fsp3) is 0.273. The molecule has 5 heteroatoms. The van der Waals surface area contributed by atoms with E-state index in [9.17, 15) is 4.79 Å². The zero-order chi connectivity index (χ0) is 12.0. The van der Waals surface area contributed by atoms with Crippen LogP contribution in [0.25, 0.3) is 0 Å². The summed E-state index contributed by atoms with van der Waals surface area (Å²) in [5.74, 6) is -0.770. The smallest absolute Gasteiger partial charge is 0.354 e. The van der Waals surface area contributed by atoms with E-state index in [-0.39, 0.29) is 11.5 Å². The molecule has 0 heterocycles. The van der Waals surface area contributed by atoms with Crippen molar-refractivity contribution in [3.8, 4) is 0 Å². The van der Waals surface area contributed by atoms with Gasteiger partial charge in [0, 0.05) is 4.90 Å². The molecule has 0 saturated heterocycles. The lowest BCUT2D eigenvalue weighted by Gasteiger charge is -2.01. The number of nitrogens with zero attached hydrogens (tertiary/aromatic N) is 1. The van der Waals surface area contributed by atoms with Crippen LogP contribution in [0.3, 0.4) is 0 Å². The SMILES string of the molecule is CO/N=C(/CSc1ccc(C)cc1)C(=O)O. The Labute approximate surface area is 98.3 Å². The Hall–Kier alpha value is -1.49. The molecule has 0 saturated carbocycles. The van der Waals surface area contributed by atoms with E-state index in [1.165, 1.54) is 24.4 Å². The third kappa shape index (κ3) is 3.94. The predicted molar refractivity (Wildman–Crippen MR) is 64.0 cm³/mol. The van der Waals surface area contributed by atoms with Crippen molar-refractivity contribution in [3.63, 3.8) is 0 Å². The number of carbonyl (C=O) groups is 1. The van der Waals surface area contributed by atoms with Gasteiger partial charge in [-0.3, -0.25) is 0 Å². The molecule has 0 aliphatic carbocycles. The summed E-state index contributed by atoms with van der Waals surface area (Å²) >= 11 is 1.41. The molecule has 0 radical (unpaired) electrons. The van der Waals surface area contributed by atoms with Crippen LogP contribution in [0.1, 0.15) is 5.56 Å². The van der Waals surface area contributed by atoms with Gasteiger partial charge in [-0.25, -0.2) is 4.79 Å². The van der Waals surface area contributed by atoms with Gasteiger partial charge in [-0.2, -0.15) is 0 Å². The molecule has 1 N–H and O–H groups in total. The van der Waals surface area contributed by atoms with Gasteiger partial charge in [0.15, 0.2) is 5.71 Å². The van der Waals surface area contributed by atoms with Gasteiger partial charge < -0.3 is 9.94 Å². The second-order valence-corrected chi connectivity index (χ2v) is 4.18. The Kier molecular flexibility index (Phi) is 4.85. The van der Waals surface area contributed by atoms with Gasteiger partial charge in [-0.15, -0.1) is 11.8 Å². The summed E-state index contributed by atoms with van der Waals surface area (Å²) in [4.78, 5) is 16.2. The van der Waals surface area contributed by atoms with Crippen molar-refractivity contribution in [3.05, 3.63) is 29.8 Å². The molecule has 0 unspecified atom stereocenters. The number of aliphatic carboxylic acids is 1. The maximum Gasteiger partial charge on any atom is 0.354 e. The first-order valence-corrected chi connectivity index (χ1v) is 5.65. The fourth-order valence-corrected chi connectivity index (χ4v) is 1.83. The third-order valence-electron chi connectivity index (χ3n) is 1.84. The molecule has 0 fully saturated rings. The number of benzene rings is 1. The molecular weight excluding hydrogens is 226 g/mol. The minimum absolute atomic E-state index is 0.00748. The van der Waals surface area contributed by atoms with Crippen molar-refractivity contribution in [2.45, 2.75) is 11.8 Å². The van der Waals surface area contributed by atoms with E-state index in [1.54, 1.807) is 0 Å². The molecule has 0 amide bonds. The van der Waals surface area contributed by atoms with Crippen molar-refractivity contribution < 1.29 is 14.7 Å². The van der Waals surface area contributed by atoms with Crippen LogP contribution in [-0.2, 0) is 9.63 Å². The lowest BCUT2D eigenvalue weighted by Crippen LogP contribution is -2.15. The minimum Gasteiger partial charge on any atom is -0.477 e. The topological polar surface area (TPSA) is 58.9 Å². The number of rotatable bonds is 5. The lowest BCUT2D eigenvalue weighted by molar-refractivity contribution is -0.129. The molecule has 1 aromatic rings. The van der Waals surface area contributed by atoms with Crippen LogP contribution < -0.4 is 0 Å². The van der Waals surface area contributed by atoms with Crippen LogP contribution in [0.5, 0.6) is 0 Å². The maximum absolute atomic E-state index is 10.7. The summed E-state index contributed by atoms with van der Waals surface area (Å²) < 4.78 is 0. The monoisotopic (exact) mass is 239 g/mol. The Bertz CT molecular complexity index is 387. The highest BCUT2D eigenvalue weighted by Crippen LogP contribution is 2.18. The summed E-state index contributed by atoms with van der Waals surface area (Å²) in [6, 6.07) is 7.87. The van der Waals surface area contributed by atoms with Crippen LogP contribution in [0, 0.1) is 6.92 Å². The van der Waals surface area contributed by atoms with Crippen molar-refractivity contribution in [2.75, 3.05) is 12.9 Å². The van der Waals surface area contributed by atoms with Crippen molar-refractivity contribution in [1.82, 2.24) is 0 Å². The van der Waals surface area contributed by atoms with E-state index < -0.39 is 5.97 Å². The average molecular weight is 239 g/mol. The molecule has 0 bridgehead atoms. The molecule has 0 spiro atoms. The average Bonchev–Trinajstić information content (AvgIpc) is 2.26. The van der Waals surface area contributed by atoms with Gasteiger partial charge in [0.1, 0.15) is 7.11 Å². The quantitative estimate of drug-likeness (QED) is 0.486. The fourth-order valence-electron chi connectivity index (χ4n) is 1.02. The summed E-state index contributed by atoms with van der Waals surface area (Å²) in [5.41, 5.74) is 1.18. The molecular formula is C11H13NO3S. The van der Waals surface area contributed by atoms with Gasteiger partial charge in [-0.1, -0.05) is 22.9 Å². The molecule has 4 nitrogen and oxygen atoms in total. The Morgan fingerprint density at radius 1 is 1.44 bits per heavy atom. The minimum atomic E-state index is -1.05. The number of carboxylic acid groups (broad SMARTS) is 1. The summed E-state index contributed by atoms with van der Waals surface area (Å²) in [5, 5.41) is 12.3. The highest BCUT2D eigenvalue weighted by Gasteiger charge is 2.10. The van der Waals surface area contributed by atoms with Crippen LogP contribution >= 0.6 is 11.8 Å². The second-order valence-electron chi connectivity index (χ2n) is 3.13. The first kappa shape index (κ1) is 12.6. The van der Waals surface area contributed by atoms with Gasteiger partial charge in [0.25, 0.3) is 0 Å². The number of hydrogen-bond acceptors (Lipinski definition) is 4. The molecule has 0 atom stereocenters. The summed E-state index contributed by atoms with van der Waals surface area (Å²) in [7, 11) is 1.33. The molecule has 0 aliphatic rings. The molecule has 1 rings (SSSR count). The van der Waals surface area contributed by atoms with Gasteiger partial charge in [-0.05, 0) is 19.1 Å². The number of hydrogen-bond donors (Lipinski definition) is 1. The predicted octanol–water partition coefficient (Wildman–Crippen LogP) is 2.17. The van der Waals surface area contributed by atoms with E-state index in [2.05, 4.69) is 9.99 Å². The Morgan fingerprint density at radius 3 is 2.56 bits per heavy atom. The lowest BCUT2D eigenvalue weighted by atomic mass is 10.2. The van der Waals surface area contributed by atoms with E-state index >= 15 is 0 Å². The highest BCUT2D eigenvalue weighted by molar-refractivity contribution is 8.00. The second kappa shape index (κ2) is 6.17. The van der Waals surface area contributed by atoms with Crippen molar-refractivity contribution >= 4 is 23.4 Å². The van der Waals surface area contributed by atoms with E-state index in [0.29, 0.717) is 0 Å². The largest absolute Gasteiger partial charge is 0.477 e. The van der Waals surface area contributed by atoms with Gasteiger partial charge in [0.2, 0.25) is 0 Å². The Morgan fingerprint density at radius 2 is 2.06 bits per heavy atom. The number of aryl methyl sites for hydroxylation is 1. The number of oxime groups is 1. The molecule has 0 aliphatic heterocycles. The first-order chi connectivity index (χ1) is 7.63. The molecule has 1 aromatic carbocycles. The molecule has 0 aromatic heterocycles. The summed E-state index contributed by atoms with van der Waals surface area (Å²) in [6.45, 7) is 2.00. The Balaban J connectivity index is 2.59. The van der Waals surface area contributed by atoms with E-state index in [1.807, 2.05) is 31.2 Å². The van der Waals surface area contributed by atoms with Crippen LogP contribution in [0.2, 0.25) is 0 Å². The normalized spacial score (nSPS) is 11.2. The zero-order valence-electron chi connectivity index (χ0n) is 9.14. The first-order valence-electron chi connectivity index (χ1n) is 4.66. The van der Waals surface area contributed by atoms with Gasteiger partial charge in [0.05, 0.1) is 5.75 Å². The van der Waals surface area contributed by atoms with Crippen LogP contribution in [0.15, 0.2) is 34.3 Å². The van der Waals surface area contributed by atoms with E-state index in [0.717, 1.165) is 4.90 Å². The zero-order valence-corrected chi connectivity index (χ0v) is 9.95. The highest BCUT2D eigenvalue weighted by atomic mass is 32.2. The van der Waals surface area contributed by atoms with Crippen LogP contribution in [-0.4, -0.2) is 29.7 Å². The van der Waals surface area contributed by atoms with Gasteiger partial charge >= 0.3 is 5.97 Å². The van der Waals surface area contributed by atoms with Crippen molar-refractivity contribution in [1.29, 1.82) is 0 Å². The number of thioether (sulfide) groups is 1. The molecule has 16 heavy (non-hydrogen) atoms. The third-order valence-corrected chi connectivity index (χ3v) is 2.87. The maximum atomic E-state index is 10.7. The summed E-state index contributed by atoms with van der Waals surface area (Å²) in [6.07, 6.45) is 0. The molecule has 86 valence electrons. The van der Waals surface area contributed by atoms with E-state index in [4.69, 9.17) is 5.11 Å².